The fourth-order valence-corrected chi connectivity index (χ4v) is 4.64. The maximum atomic E-state index is 12.9. The second-order valence-corrected chi connectivity index (χ2v) is 9.39. The third kappa shape index (κ3) is 5.28. The van der Waals surface area contributed by atoms with Gasteiger partial charge in [-0.3, -0.25) is 19.5 Å². The summed E-state index contributed by atoms with van der Waals surface area (Å²) < 4.78 is 1.97. The lowest BCUT2D eigenvalue weighted by Crippen LogP contribution is -2.31. The minimum Gasteiger partial charge on any atom is -0.341 e. The number of aromatic nitrogens is 3. The molecule has 1 aliphatic heterocycles. The van der Waals surface area contributed by atoms with Gasteiger partial charge in [0.1, 0.15) is 0 Å². The van der Waals surface area contributed by atoms with Crippen molar-refractivity contribution >= 4 is 46.6 Å². The number of halogens is 1. The van der Waals surface area contributed by atoms with Crippen LogP contribution >= 0.6 is 23.4 Å². The highest BCUT2D eigenvalue weighted by molar-refractivity contribution is 8.00. The zero-order valence-corrected chi connectivity index (χ0v) is 19.6. The fraction of sp³-hybridized carbons (Fsp3) is 0.318. The average Bonchev–Trinajstić information content (AvgIpc) is 3.24. The van der Waals surface area contributed by atoms with E-state index in [1.807, 2.05) is 34.9 Å². The standard InChI is InChI=1S/C22H23ClN6O3S/c1-15(20(30)24-19-14-17(29(31)32)10-11-18(19)23)33-22-26-25-21(27-12-6-3-7-13-27)28(22)16-8-4-2-5-9-16/h2,4-5,8-11,14-15H,3,6-7,12-13H2,1H3,(H,24,30). The number of nitrogens with one attached hydrogen (secondary N) is 1. The highest BCUT2D eigenvalue weighted by Gasteiger charge is 2.25. The maximum Gasteiger partial charge on any atom is 0.271 e. The van der Waals surface area contributed by atoms with Crippen LogP contribution in [0.1, 0.15) is 26.2 Å². The summed E-state index contributed by atoms with van der Waals surface area (Å²) in [4.78, 5) is 25.6. The van der Waals surface area contributed by atoms with Gasteiger partial charge >= 0.3 is 0 Å². The van der Waals surface area contributed by atoms with Gasteiger partial charge in [0.25, 0.3) is 5.69 Å². The van der Waals surface area contributed by atoms with E-state index in [0.29, 0.717) is 5.16 Å². The molecule has 1 fully saturated rings. The van der Waals surface area contributed by atoms with Crippen molar-refractivity contribution in [2.45, 2.75) is 36.6 Å². The van der Waals surface area contributed by atoms with Gasteiger partial charge in [0.15, 0.2) is 5.16 Å². The molecule has 1 N–H and O–H groups in total. The van der Waals surface area contributed by atoms with Crippen LogP contribution in [0.25, 0.3) is 5.69 Å². The molecule has 33 heavy (non-hydrogen) atoms. The van der Waals surface area contributed by atoms with E-state index in [0.717, 1.165) is 37.6 Å². The number of rotatable bonds is 7. The number of thioether (sulfide) groups is 1. The Bertz CT molecular complexity index is 1150. The van der Waals surface area contributed by atoms with Crippen molar-refractivity contribution in [3.63, 3.8) is 0 Å². The normalized spacial score (nSPS) is 14.7. The van der Waals surface area contributed by atoms with E-state index in [1.165, 1.54) is 36.4 Å². The lowest BCUT2D eigenvalue weighted by molar-refractivity contribution is -0.384. The lowest BCUT2D eigenvalue weighted by atomic mass is 10.1. The molecule has 0 radical (unpaired) electrons. The Morgan fingerprint density at radius 3 is 2.58 bits per heavy atom. The number of carbonyl (C=O) groups is 1. The molecule has 11 heteroatoms. The van der Waals surface area contributed by atoms with Gasteiger partial charge in [-0.1, -0.05) is 41.6 Å². The number of benzene rings is 2. The molecule has 172 valence electrons. The van der Waals surface area contributed by atoms with Gasteiger partial charge in [0.2, 0.25) is 11.9 Å². The SMILES string of the molecule is CC(Sc1nnc(N2CCCCC2)n1-c1ccccc1)C(=O)Nc1cc([N+](=O)[O-])ccc1Cl. The minimum absolute atomic E-state index is 0.148. The van der Waals surface area contributed by atoms with Gasteiger partial charge in [0, 0.05) is 25.2 Å². The number of hydrogen-bond acceptors (Lipinski definition) is 7. The van der Waals surface area contributed by atoms with Crippen LogP contribution in [0, 0.1) is 10.1 Å². The summed E-state index contributed by atoms with van der Waals surface area (Å²) in [6, 6.07) is 13.7. The summed E-state index contributed by atoms with van der Waals surface area (Å²) in [6.07, 6.45) is 3.41. The van der Waals surface area contributed by atoms with Gasteiger partial charge in [-0.25, -0.2) is 0 Å². The van der Waals surface area contributed by atoms with Crippen LogP contribution in [-0.2, 0) is 4.79 Å². The van der Waals surface area contributed by atoms with E-state index in [-0.39, 0.29) is 22.3 Å². The molecular weight excluding hydrogens is 464 g/mol. The van der Waals surface area contributed by atoms with E-state index in [2.05, 4.69) is 20.4 Å². The first-order chi connectivity index (χ1) is 15.9. The minimum atomic E-state index is -0.554. The lowest BCUT2D eigenvalue weighted by Gasteiger charge is -2.28. The zero-order chi connectivity index (χ0) is 23.4. The molecule has 2 aromatic carbocycles. The monoisotopic (exact) mass is 486 g/mol. The average molecular weight is 487 g/mol. The predicted molar refractivity (Wildman–Crippen MR) is 129 cm³/mol. The van der Waals surface area contributed by atoms with Gasteiger partial charge < -0.3 is 10.2 Å². The Balaban J connectivity index is 1.57. The number of nitro benzene ring substituents is 1. The highest BCUT2D eigenvalue weighted by Crippen LogP contribution is 2.32. The van der Waals surface area contributed by atoms with Crippen LogP contribution < -0.4 is 10.2 Å². The number of non-ortho nitro benzene ring substituents is 1. The molecule has 0 spiro atoms. The van der Waals surface area contributed by atoms with Crippen molar-refractivity contribution in [2.75, 3.05) is 23.3 Å². The topological polar surface area (TPSA) is 106 Å². The van der Waals surface area contributed by atoms with E-state index in [4.69, 9.17) is 11.6 Å². The van der Waals surface area contributed by atoms with Crippen molar-refractivity contribution < 1.29 is 9.72 Å². The molecule has 3 aromatic rings. The highest BCUT2D eigenvalue weighted by atomic mass is 35.5. The number of carbonyl (C=O) groups excluding carboxylic acids is 1. The Kier molecular flexibility index (Phi) is 7.14. The van der Waals surface area contributed by atoms with Crippen LogP contribution in [-0.4, -0.2) is 43.9 Å². The number of anilines is 2. The van der Waals surface area contributed by atoms with Gasteiger partial charge in [-0.15, -0.1) is 10.2 Å². The first kappa shape index (κ1) is 23.1. The molecule has 0 saturated carbocycles. The van der Waals surface area contributed by atoms with E-state index in [1.54, 1.807) is 6.92 Å². The molecular formula is C22H23ClN6O3S. The first-order valence-corrected chi connectivity index (χ1v) is 11.9. The molecule has 1 aromatic heterocycles. The summed E-state index contributed by atoms with van der Waals surface area (Å²) in [5.74, 6) is 0.419. The number of para-hydroxylation sites is 1. The fourth-order valence-electron chi connectivity index (χ4n) is 3.61. The van der Waals surface area contributed by atoms with Crippen molar-refractivity contribution in [3.8, 4) is 5.69 Å². The Morgan fingerprint density at radius 1 is 1.15 bits per heavy atom. The molecule has 1 atom stereocenters. The Morgan fingerprint density at radius 2 is 1.88 bits per heavy atom. The van der Waals surface area contributed by atoms with Crippen molar-refractivity contribution in [1.29, 1.82) is 0 Å². The largest absolute Gasteiger partial charge is 0.341 e. The molecule has 9 nitrogen and oxygen atoms in total. The van der Waals surface area contributed by atoms with Gasteiger partial charge in [-0.05, 0) is 44.4 Å². The first-order valence-electron chi connectivity index (χ1n) is 10.6. The number of nitro groups is 1. The van der Waals surface area contributed by atoms with E-state index >= 15 is 0 Å². The summed E-state index contributed by atoms with van der Waals surface area (Å²) in [5.41, 5.74) is 0.965. The van der Waals surface area contributed by atoms with Gasteiger partial charge in [0.05, 0.1) is 26.6 Å². The summed E-state index contributed by atoms with van der Waals surface area (Å²) in [7, 11) is 0. The second kappa shape index (κ2) is 10.2. The third-order valence-electron chi connectivity index (χ3n) is 5.34. The van der Waals surface area contributed by atoms with Crippen molar-refractivity contribution in [2.24, 2.45) is 0 Å². The van der Waals surface area contributed by atoms with Crippen LogP contribution in [0.2, 0.25) is 5.02 Å². The molecule has 0 aliphatic carbocycles. The molecule has 0 bridgehead atoms. The third-order valence-corrected chi connectivity index (χ3v) is 6.71. The van der Waals surface area contributed by atoms with Gasteiger partial charge in [-0.2, -0.15) is 0 Å². The Hall–Kier alpha value is -3.11. The number of amides is 1. The molecule has 4 rings (SSSR count). The summed E-state index contributed by atoms with van der Waals surface area (Å²) >= 11 is 7.40. The van der Waals surface area contributed by atoms with E-state index in [9.17, 15) is 14.9 Å². The van der Waals surface area contributed by atoms with Crippen LogP contribution in [0.3, 0.4) is 0 Å². The van der Waals surface area contributed by atoms with Crippen LogP contribution in [0.4, 0.5) is 17.3 Å². The zero-order valence-electron chi connectivity index (χ0n) is 18.0. The number of nitrogens with zero attached hydrogens (tertiary/aromatic N) is 5. The summed E-state index contributed by atoms with van der Waals surface area (Å²) in [5, 5.41) is 22.8. The quantitative estimate of drug-likeness (QED) is 0.286. The van der Waals surface area contributed by atoms with Crippen molar-refractivity contribution in [1.82, 2.24) is 14.8 Å². The van der Waals surface area contributed by atoms with Crippen LogP contribution in [0.5, 0.6) is 0 Å². The Labute approximate surface area is 200 Å². The molecule has 1 aliphatic rings. The number of hydrogen-bond donors (Lipinski definition) is 1. The van der Waals surface area contributed by atoms with E-state index < -0.39 is 10.2 Å². The smallest absolute Gasteiger partial charge is 0.271 e. The van der Waals surface area contributed by atoms with Crippen LogP contribution in [0.15, 0.2) is 53.7 Å². The molecule has 2 heterocycles. The molecule has 1 saturated heterocycles. The van der Waals surface area contributed by atoms with Crippen molar-refractivity contribution in [3.05, 3.63) is 63.7 Å². The second-order valence-electron chi connectivity index (χ2n) is 7.67. The molecule has 1 unspecified atom stereocenters. The maximum absolute atomic E-state index is 12.9. The predicted octanol–water partition coefficient (Wildman–Crippen LogP) is 4.94. The summed E-state index contributed by atoms with van der Waals surface area (Å²) in [6.45, 7) is 3.57. The molecule has 1 amide bonds. The number of piperidine rings is 1.